The molecule has 0 aliphatic carbocycles. The topological polar surface area (TPSA) is 59.0 Å². The van der Waals surface area contributed by atoms with Crippen molar-refractivity contribution in [2.45, 2.75) is 25.3 Å². The number of carbonyl (C=O) groups is 1. The van der Waals surface area contributed by atoms with E-state index in [2.05, 4.69) is 11.9 Å². The lowest BCUT2D eigenvalue weighted by molar-refractivity contribution is 0.0696. The first-order valence-corrected chi connectivity index (χ1v) is 6.86. The SMILES string of the molecule is COc1ccc(C(=O)O)cc1OCC1CCCCN1C. The summed E-state index contributed by atoms with van der Waals surface area (Å²) in [5.74, 6) is 0.0899. The van der Waals surface area contributed by atoms with Crippen molar-refractivity contribution in [3.8, 4) is 11.5 Å². The molecule has 1 unspecified atom stereocenters. The standard InChI is InChI=1S/C15H21NO4/c1-16-8-4-3-5-12(16)10-20-14-9-11(15(17)18)6-7-13(14)19-2/h6-7,9,12H,3-5,8,10H2,1-2H3,(H,17,18). The van der Waals surface area contributed by atoms with Crippen LogP contribution in [0, 0.1) is 0 Å². The maximum absolute atomic E-state index is 11.0. The van der Waals surface area contributed by atoms with E-state index in [1.165, 1.54) is 25.0 Å². The number of hydrogen-bond donors (Lipinski definition) is 1. The van der Waals surface area contributed by atoms with Crippen molar-refractivity contribution < 1.29 is 19.4 Å². The van der Waals surface area contributed by atoms with Crippen molar-refractivity contribution >= 4 is 5.97 Å². The molecule has 1 N–H and O–H groups in total. The third-order valence-electron chi connectivity index (χ3n) is 3.76. The molecule has 0 amide bonds. The number of likely N-dealkylation sites (tertiary alicyclic amines) is 1. The lowest BCUT2D eigenvalue weighted by atomic mass is 10.0. The third-order valence-corrected chi connectivity index (χ3v) is 3.76. The second-order valence-electron chi connectivity index (χ2n) is 5.11. The fraction of sp³-hybridized carbons (Fsp3) is 0.533. The van der Waals surface area contributed by atoms with Crippen LogP contribution >= 0.6 is 0 Å². The molecule has 20 heavy (non-hydrogen) atoms. The number of nitrogens with zero attached hydrogens (tertiary/aromatic N) is 1. The zero-order valence-electron chi connectivity index (χ0n) is 12.0. The lowest BCUT2D eigenvalue weighted by Crippen LogP contribution is -2.40. The van der Waals surface area contributed by atoms with E-state index in [9.17, 15) is 4.79 Å². The van der Waals surface area contributed by atoms with Crippen molar-refractivity contribution in [2.24, 2.45) is 0 Å². The van der Waals surface area contributed by atoms with E-state index in [-0.39, 0.29) is 5.56 Å². The van der Waals surface area contributed by atoms with Gasteiger partial charge in [0.25, 0.3) is 0 Å². The van der Waals surface area contributed by atoms with Crippen LogP contribution < -0.4 is 9.47 Å². The minimum absolute atomic E-state index is 0.206. The molecule has 1 aromatic carbocycles. The van der Waals surface area contributed by atoms with Crippen LogP contribution in [0.4, 0.5) is 0 Å². The number of benzene rings is 1. The van der Waals surface area contributed by atoms with Gasteiger partial charge in [-0.2, -0.15) is 0 Å². The number of methoxy groups -OCH3 is 1. The first-order valence-electron chi connectivity index (χ1n) is 6.86. The normalized spacial score (nSPS) is 19.6. The molecule has 1 atom stereocenters. The average molecular weight is 279 g/mol. The molecule has 0 saturated carbocycles. The molecule has 0 aromatic heterocycles. The Morgan fingerprint density at radius 2 is 2.20 bits per heavy atom. The molecule has 0 spiro atoms. The Balaban J connectivity index is 2.07. The molecule has 2 rings (SSSR count). The van der Waals surface area contributed by atoms with Crippen LogP contribution in [0.1, 0.15) is 29.6 Å². The first kappa shape index (κ1) is 14.7. The summed E-state index contributed by atoms with van der Waals surface area (Å²) >= 11 is 0. The van der Waals surface area contributed by atoms with Crippen molar-refractivity contribution in [1.29, 1.82) is 0 Å². The van der Waals surface area contributed by atoms with Gasteiger partial charge in [-0.05, 0) is 44.6 Å². The highest BCUT2D eigenvalue weighted by Crippen LogP contribution is 2.29. The molecule has 1 heterocycles. The fourth-order valence-electron chi connectivity index (χ4n) is 2.46. The average Bonchev–Trinajstić information content (AvgIpc) is 2.46. The van der Waals surface area contributed by atoms with Crippen LogP contribution in [-0.4, -0.2) is 49.3 Å². The molecule has 5 heteroatoms. The number of rotatable bonds is 5. The summed E-state index contributed by atoms with van der Waals surface area (Å²) in [7, 11) is 3.65. The predicted molar refractivity (Wildman–Crippen MR) is 75.7 cm³/mol. The summed E-state index contributed by atoms with van der Waals surface area (Å²) in [6.07, 6.45) is 3.55. The van der Waals surface area contributed by atoms with Gasteiger partial charge in [0.15, 0.2) is 11.5 Å². The quantitative estimate of drug-likeness (QED) is 0.896. The summed E-state index contributed by atoms with van der Waals surface area (Å²) < 4.78 is 11.0. The van der Waals surface area contributed by atoms with Gasteiger partial charge in [-0.3, -0.25) is 0 Å². The highest BCUT2D eigenvalue weighted by atomic mass is 16.5. The Morgan fingerprint density at radius 1 is 1.40 bits per heavy atom. The number of hydrogen-bond acceptors (Lipinski definition) is 4. The van der Waals surface area contributed by atoms with Crippen LogP contribution in [0.15, 0.2) is 18.2 Å². The molecule has 1 aromatic rings. The van der Waals surface area contributed by atoms with E-state index >= 15 is 0 Å². The van der Waals surface area contributed by atoms with E-state index in [1.54, 1.807) is 13.2 Å². The van der Waals surface area contributed by atoms with Crippen molar-refractivity contribution in [1.82, 2.24) is 4.90 Å². The van der Waals surface area contributed by atoms with Crippen LogP contribution in [0.5, 0.6) is 11.5 Å². The largest absolute Gasteiger partial charge is 0.493 e. The summed E-state index contributed by atoms with van der Waals surface area (Å²) in [5, 5.41) is 9.03. The van der Waals surface area contributed by atoms with Gasteiger partial charge < -0.3 is 19.5 Å². The molecule has 1 aliphatic heterocycles. The van der Waals surface area contributed by atoms with Gasteiger partial charge in [0.05, 0.1) is 12.7 Å². The second kappa shape index (κ2) is 6.61. The second-order valence-corrected chi connectivity index (χ2v) is 5.11. The number of carboxylic acid groups (broad SMARTS) is 1. The molecule has 1 saturated heterocycles. The minimum Gasteiger partial charge on any atom is -0.493 e. The molecule has 1 aliphatic rings. The highest BCUT2D eigenvalue weighted by molar-refractivity contribution is 5.88. The molecule has 1 fully saturated rings. The van der Waals surface area contributed by atoms with Crippen LogP contribution in [-0.2, 0) is 0 Å². The van der Waals surface area contributed by atoms with Gasteiger partial charge in [0.1, 0.15) is 6.61 Å². The Labute approximate surface area is 119 Å². The lowest BCUT2D eigenvalue weighted by Gasteiger charge is -2.32. The van der Waals surface area contributed by atoms with E-state index < -0.39 is 5.97 Å². The number of aromatic carboxylic acids is 1. The molecular weight excluding hydrogens is 258 g/mol. The number of carboxylic acids is 1. The maximum Gasteiger partial charge on any atom is 0.335 e. The van der Waals surface area contributed by atoms with Crippen LogP contribution in [0.2, 0.25) is 0 Å². The van der Waals surface area contributed by atoms with Crippen LogP contribution in [0.3, 0.4) is 0 Å². The number of likely N-dealkylation sites (N-methyl/N-ethyl adjacent to an activating group) is 1. The predicted octanol–water partition coefficient (Wildman–Crippen LogP) is 2.26. The van der Waals surface area contributed by atoms with Crippen molar-refractivity contribution in [3.05, 3.63) is 23.8 Å². The van der Waals surface area contributed by atoms with Gasteiger partial charge in [-0.25, -0.2) is 4.79 Å². The van der Waals surface area contributed by atoms with Gasteiger partial charge in [0, 0.05) is 6.04 Å². The van der Waals surface area contributed by atoms with Gasteiger partial charge in [-0.1, -0.05) is 6.42 Å². The van der Waals surface area contributed by atoms with E-state index in [0.717, 1.165) is 13.0 Å². The summed E-state index contributed by atoms with van der Waals surface area (Å²) in [4.78, 5) is 13.3. The number of ether oxygens (including phenoxy) is 2. The first-order chi connectivity index (χ1) is 9.61. The molecule has 0 bridgehead atoms. The smallest absolute Gasteiger partial charge is 0.335 e. The molecule has 110 valence electrons. The van der Waals surface area contributed by atoms with Crippen molar-refractivity contribution in [2.75, 3.05) is 27.3 Å². The Bertz CT molecular complexity index is 475. The molecular formula is C15H21NO4. The number of piperidine rings is 1. The van der Waals surface area contributed by atoms with E-state index in [0.29, 0.717) is 24.1 Å². The zero-order valence-corrected chi connectivity index (χ0v) is 12.0. The van der Waals surface area contributed by atoms with Gasteiger partial charge in [0.2, 0.25) is 0 Å². The third kappa shape index (κ3) is 3.42. The minimum atomic E-state index is -0.965. The monoisotopic (exact) mass is 279 g/mol. The summed E-state index contributed by atoms with van der Waals surface area (Å²) in [6.45, 7) is 1.64. The fourth-order valence-corrected chi connectivity index (χ4v) is 2.46. The maximum atomic E-state index is 11.0. The zero-order chi connectivity index (χ0) is 14.5. The van der Waals surface area contributed by atoms with Gasteiger partial charge in [-0.15, -0.1) is 0 Å². The summed E-state index contributed by atoms with van der Waals surface area (Å²) in [5.41, 5.74) is 0.206. The van der Waals surface area contributed by atoms with Gasteiger partial charge >= 0.3 is 5.97 Å². The molecule has 0 radical (unpaired) electrons. The summed E-state index contributed by atoms with van der Waals surface area (Å²) in [6, 6.07) is 5.04. The van der Waals surface area contributed by atoms with Crippen molar-refractivity contribution in [3.63, 3.8) is 0 Å². The Morgan fingerprint density at radius 3 is 2.85 bits per heavy atom. The van der Waals surface area contributed by atoms with Crippen LogP contribution in [0.25, 0.3) is 0 Å². The van der Waals surface area contributed by atoms with E-state index in [1.807, 2.05) is 0 Å². The highest BCUT2D eigenvalue weighted by Gasteiger charge is 2.20. The van der Waals surface area contributed by atoms with E-state index in [4.69, 9.17) is 14.6 Å². The Kier molecular flexibility index (Phi) is 4.84. The Hall–Kier alpha value is -1.75. The molecule has 5 nitrogen and oxygen atoms in total.